The molecule has 4 nitrogen and oxygen atoms in total. The quantitative estimate of drug-likeness (QED) is 0.786. The smallest absolute Gasteiger partial charge is 0.239 e. The van der Waals surface area contributed by atoms with E-state index in [1.54, 1.807) is 0 Å². The minimum Gasteiger partial charge on any atom is -0.383 e. The summed E-state index contributed by atoms with van der Waals surface area (Å²) in [5.74, 6) is -1.88. The molecule has 0 unspecified atom stereocenters. The molecular formula is C11H13BrF2N2O2. The van der Waals surface area contributed by atoms with Gasteiger partial charge in [-0.25, -0.2) is 8.78 Å². The first-order valence-corrected chi connectivity index (χ1v) is 5.98. The highest BCUT2D eigenvalue weighted by Gasteiger charge is 2.11. The van der Waals surface area contributed by atoms with Crippen molar-refractivity contribution in [3.8, 4) is 0 Å². The molecule has 100 valence electrons. The van der Waals surface area contributed by atoms with Gasteiger partial charge in [0.25, 0.3) is 0 Å². The van der Waals surface area contributed by atoms with Crippen LogP contribution in [0.3, 0.4) is 0 Å². The van der Waals surface area contributed by atoms with E-state index >= 15 is 0 Å². The number of rotatable bonds is 6. The van der Waals surface area contributed by atoms with Crippen LogP contribution in [0, 0.1) is 11.6 Å². The van der Waals surface area contributed by atoms with Crippen molar-refractivity contribution in [1.82, 2.24) is 5.32 Å². The molecule has 2 N–H and O–H groups in total. The molecule has 0 aliphatic heterocycles. The Morgan fingerprint density at radius 3 is 2.56 bits per heavy atom. The molecule has 1 aromatic carbocycles. The minimum atomic E-state index is -0.758. The molecule has 0 heterocycles. The lowest BCUT2D eigenvalue weighted by Gasteiger charge is -2.09. The Balaban J connectivity index is 2.51. The first-order valence-electron chi connectivity index (χ1n) is 5.18. The SMILES string of the molecule is COCCNC(=O)CNc1c(F)cc(Br)cc1F. The normalized spacial score (nSPS) is 10.2. The summed E-state index contributed by atoms with van der Waals surface area (Å²) in [6.45, 7) is 0.522. The fourth-order valence-electron chi connectivity index (χ4n) is 1.23. The Morgan fingerprint density at radius 1 is 1.39 bits per heavy atom. The monoisotopic (exact) mass is 322 g/mol. The number of ether oxygens (including phenoxy) is 1. The highest BCUT2D eigenvalue weighted by molar-refractivity contribution is 9.10. The van der Waals surface area contributed by atoms with Gasteiger partial charge in [-0.15, -0.1) is 0 Å². The summed E-state index contributed by atoms with van der Waals surface area (Å²) in [5.41, 5.74) is -0.319. The lowest BCUT2D eigenvalue weighted by atomic mass is 10.3. The van der Waals surface area contributed by atoms with Crippen molar-refractivity contribution in [1.29, 1.82) is 0 Å². The number of hydrogen-bond donors (Lipinski definition) is 2. The number of methoxy groups -OCH3 is 1. The average molecular weight is 323 g/mol. The summed E-state index contributed by atoms with van der Waals surface area (Å²) in [6, 6.07) is 2.24. The second-order valence-electron chi connectivity index (χ2n) is 3.44. The van der Waals surface area contributed by atoms with E-state index < -0.39 is 11.6 Å². The molecule has 1 aromatic rings. The Morgan fingerprint density at radius 2 is 2.00 bits per heavy atom. The lowest BCUT2D eigenvalue weighted by Crippen LogP contribution is -2.32. The van der Waals surface area contributed by atoms with Crippen LogP contribution >= 0.6 is 15.9 Å². The second-order valence-corrected chi connectivity index (χ2v) is 4.36. The van der Waals surface area contributed by atoms with E-state index in [9.17, 15) is 13.6 Å². The van der Waals surface area contributed by atoms with Crippen molar-refractivity contribution in [2.24, 2.45) is 0 Å². The zero-order valence-electron chi connectivity index (χ0n) is 9.73. The van der Waals surface area contributed by atoms with Gasteiger partial charge in [0.05, 0.1) is 13.2 Å². The fourth-order valence-corrected chi connectivity index (χ4v) is 1.64. The second kappa shape index (κ2) is 7.27. The van der Waals surface area contributed by atoms with Crippen LogP contribution in [-0.4, -0.2) is 32.7 Å². The molecule has 0 bridgehead atoms. The van der Waals surface area contributed by atoms with Crippen molar-refractivity contribution >= 4 is 27.5 Å². The minimum absolute atomic E-state index is 0.209. The first-order chi connectivity index (χ1) is 8.54. The molecule has 0 aliphatic carbocycles. The number of benzene rings is 1. The molecule has 1 rings (SSSR count). The standard InChI is InChI=1S/C11H13BrF2N2O2/c1-18-3-2-15-10(17)6-16-11-8(13)4-7(12)5-9(11)14/h4-5,16H,2-3,6H2,1H3,(H,15,17). The van der Waals surface area contributed by atoms with Crippen molar-refractivity contribution in [3.63, 3.8) is 0 Å². The van der Waals surface area contributed by atoms with E-state index in [0.717, 1.165) is 12.1 Å². The molecule has 0 saturated carbocycles. The average Bonchev–Trinajstić information content (AvgIpc) is 2.27. The van der Waals surface area contributed by atoms with Gasteiger partial charge in [0, 0.05) is 18.1 Å². The molecule has 0 fully saturated rings. The zero-order valence-corrected chi connectivity index (χ0v) is 11.3. The third-order valence-corrected chi connectivity index (χ3v) is 2.52. The van der Waals surface area contributed by atoms with Gasteiger partial charge in [0.2, 0.25) is 5.91 Å². The predicted octanol–water partition coefficient (Wildman–Crippen LogP) is 1.90. The topological polar surface area (TPSA) is 50.4 Å². The van der Waals surface area contributed by atoms with Crippen LogP contribution in [0.1, 0.15) is 0 Å². The van der Waals surface area contributed by atoms with Crippen molar-refractivity contribution < 1.29 is 18.3 Å². The van der Waals surface area contributed by atoms with E-state index in [1.807, 2.05) is 0 Å². The fraction of sp³-hybridized carbons (Fsp3) is 0.364. The Bertz CT molecular complexity index is 406. The summed E-state index contributed by atoms with van der Waals surface area (Å²) >= 11 is 2.97. The Labute approximate surface area is 112 Å². The van der Waals surface area contributed by atoms with Gasteiger partial charge in [-0.3, -0.25) is 4.79 Å². The maximum atomic E-state index is 13.4. The largest absolute Gasteiger partial charge is 0.383 e. The van der Waals surface area contributed by atoms with Crippen LogP contribution in [-0.2, 0) is 9.53 Å². The molecule has 0 aliphatic rings. The van der Waals surface area contributed by atoms with Crippen LogP contribution in [0.15, 0.2) is 16.6 Å². The maximum absolute atomic E-state index is 13.4. The van der Waals surface area contributed by atoms with E-state index in [-0.39, 0.29) is 18.1 Å². The molecule has 18 heavy (non-hydrogen) atoms. The Hall–Kier alpha value is -1.21. The first kappa shape index (κ1) is 14.8. The zero-order chi connectivity index (χ0) is 13.5. The maximum Gasteiger partial charge on any atom is 0.239 e. The number of amides is 1. The molecule has 0 saturated heterocycles. The molecule has 0 radical (unpaired) electrons. The summed E-state index contributed by atoms with van der Waals surface area (Å²) in [7, 11) is 1.51. The number of halogens is 3. The third kappa shape index (κ3) is 4.58. The predicted molar refractivity (Wildman–Crippen MR) is 67.4 cm³/mol. The molecule has 0 spiro atoms. The molecule has 1 amide bonds. The van der Waals surface area contributed by atoms with Crippen molar-refractivity contribution in [3.05, 3.63) is 28.2 Å². The number of carbonyl (C=O) groups is 1. The van der Waals surface area contributed by atoms with Gasteiger partial charge in [-0.2, -0.15) is 0 Å². The van der Waals surface area contributed by atoms with Crippen LogP contribution < -0.4 is 10.6 Å². The molecule has 7 heteroatoms. The van der Waals surface area contributed by atoms with Crippen LogP contribution in [0.4, 0.5) is 14.5 Å². The van der Waals surface area contributed by atoms with Gasteiger partial charge >= 0.3 is 0 Å². The Kier molecular flexibility index (Phi) is 6.00. The van der Waals surface area contributed by atoms with Gasteiger partial charge in [-0.05, 0) is 12.1 Å². The lowest BCUT2D eigenvalue weighted by molar-refractivity contribution is -0.119. The highest BCUT2D eigenvalue weighted by atomic mass is 79.9. The highest BCUT2D eigenvalue weighted by Crippen LogP contribution is 2.23. The van der Waals surface area contributed by atoms with Gasteiger partial charge in [-0.1, -0.05) is 15.9 Å². The van der Waals surface area contributed by atoms with Gasteiger partial charge < -0.3 is 15.4 Å². The number of carbonyl (C=O) groups excluding carboxylic acids is 1. The van der Waals surface area contributed by atoms with Crippen LogP contribution in [0.5, 0.6) is 0 Å². The van der Waals surface area contributed by atoms with Crippen LogP contribution in [0.25, 0.3) is 0 Å². The molecule has 0 atom stereocenters. The summed E-state index contributed by atoms with van der Waals surface area (Å²) in [6.07, 6.45) is 0. The van der Waals surface area contributed by atoms with Crippen molar-refractivity contribution in [2.75, 3.05) is 32.1 Å². The van der Waals surface area contributed by atoms with E-state index in [1.165, 1.54) is 7.11 Å². The number of nitrogens with one attached hydrogen (secondary N) is 2. The van der Waals surface area contributed by atoms with E-state index in [2.05, 4.69) is 26.6 Å². The molecular weight excluding hydrogens is 310 g/mol. The summed E-state index contributed by atoms with van der Waals surface area (Å²) < 4.78 is 31.8. The van der Waals surface area contributed by atoms with Gasteiger partial charge in [0.15, 0.2) is 0 Å². The van der Waals surface area contributed by atoms with Crippen LogP contribution in [0.2, 0.25) is 0 Å². The summed E-state index contributed by atoms with van der Waals surface area (Å²) in [5, 5.41) is 4.93. The third-order valence-electron chi connectivity index (χ3n) is 2.06. The van der Waals surface area contributed by atoms with E-state index in [0.29, 0.717) is 17.6 Å². The summed E-state index contributed by atoms with van der Waals surface area (Å²) in [4.78, 5) is 11.3. The van der Waals surface area contributed by atoms with E-state index in [4.69, 9.17) is 4.74 Å². The number of anilines is 1. The molecule has 0 aromatic heterocycles. The van der Waals surface area contributed by atoms with Gasteiger partial charge in [0.1, 0.15) is 17.3 Å². The number of hydrogen-bond acceptors (Lipinski definition) is 3. The van der Waals surface area contributed by atoms with Crippen molar-refractivity contribution in [2.45, 2.75) is 0 Å².